The highest BCUT2D eigenvalue weighted by atomic mass is 35.5. The van der Waals surface area contributed by atoms with Gasteiger partial charge in [-0.2, -0.15) is 4.72 Å². The first kappa shape index (κ1) is 12.8. The topological polar surface area (TPSA) is 46.2 Å². The summed E-state index contributed by atoms with van der Waals surface area (Å²) in [6, 6.07) is 0.699. The third-order valence-electron chi connectivity index (χ3n) is 1.50. The molecule has 0 radical (unpaired) electrons. The quantitative estimate of drug-likeness (QED) is 0.866. The van der Waals surface area contributed by atoms with Crippen LogP contribution in [-0.4, -0.2) is 14.5 Å². The van der Waals surface area contributed by atoms with Crippen molar-refractivity contribution in [2.45, 2.75) is 17.9 Å². The lowest BCUT2D eigenvalue weighted by atomic mass is 10.4. The van der Waals surface area contributed by atoms with Crippen LogP contribution < -0.4 is 4.72 Å². The maximum Gasteiger partial charge on any atom is 0.244 e. The average molecular weight is 284 g/mol. The van der Waals surface area contributed by atoms with E-state index in [0.717, 1.165) is 11.3 Å². The van der Waals surface area contributed by atoms with Gasteiger partial charge in [-0.15, -0.1) is 17.8 Å². The standard InChI is InChI=1S/C8H7Cl2NO2S2/c1-3-5(2)11-15(12,13)6-4-7(9)14-8(6)10/h1,4-5,11H,2H3. The Bertz CT molecular complexity index is 501. The van der Waals surface area contributed by atoms with Crippen LogP contribution in [0, 0.1) is 12.3 Å². The molecule has 1 unspecified atom stereocenters. The minimum absolute atomic E-state index is 0.0405. The molecule has 1 rings (SSSR count). The van der Waals surface area contributed by atoms with E-state index in [1.165, 1.54) is 6.07 Å². The fourth-order valence-corrected chi connectivity index (χ4v) is 4.15. The number of hydrogen-bond acceptors (Lipinski definition) is 3. The molecule has 82 valence electrons. The molecule has 0 spiro atoms. The summed E-state index contributed by atoms with van der Waals surface area (Å²) in [6.45, 7) is 1.55. The van der Waals surface area contributed by atoms with Crippen molar-refractivity contribution < 1.29 is 8.42 Å². The van der Waals surface area contributed by atoms with E-state index < -0.39 is 16.1 Å². The van der Waals surface area contributed by atoms with E-state index in [2.05, 4.69) is 10.6 Å². The fraction of sp³-hybridized carbons (Fsp3) is 0.250. The molecule has 1 aromatic heterocycles. The van der Waals surface area contributed by atoms with E-state index in [0.29, 0.717) is 4.34 Å². The van der Waals surface area contributed by atoms with Gasteiger partial charge < -0.3 is 0 Å². The molecule has 0 aromatic carbocycles. The molecule has 0 aliphatic rings. The normalized spacial score (nSPS) is 13.5. The van der Waals surface area contributed by atoms with Crippen LogP contribution in [0.25, 0.3) is 0 Å². The number of thiophene rings is 1. The summed E-state index contributed by atoms with van der Waals surface area (Å²) in [5.41, 5.74) is 0. The summed E-state index contributed by atoms with van der Waals surface area (Å²) in [7, 11) is -3.68. The number of hydrogen-bond donors (Lipinski definition) is 1. The van der Waals surface area contributed by atoms with Crippen LogP contribution in [0.3, 0.4) is 0 Å². The van der Waals surface area contributed by atoms with E-state index in [1.807, 2.05) is 0 Å². The molecule has 1 atom stereocenters. The van der Waals surface area contributed by atoms with Gasteiger partial charge in [-0.25, -0.2) is 8.42 Å². The Morgan fingerprint density at radius 2 is 2.20 bits per heavy atom. The zero-order valence-electron chi connectivity index (χ0n) is 7.62. The lowest BCUT2D eigenvalue weighted by molar-refractivity contribution is 0.578. The smallest absolute Gasteiger partial charge is 0.207 e. The maximum atomic E-state index is 11.7. The summed E-state index contributed by atoms with van der Waals surface area (Å²) in [4.78, 5) is -0.0405. The Kier molecular flexibility index (Phi) is 4.04. The Morgan fingerprint density at radius 3 is 2.60 bits per heavy atom. The van der Waals surface area contributed by atoms with Gasteiger partial charge in [-0.05, 0) is 13.0 Å². The van der Waals surface area contributed by atoms with Gasteiger partial charge in [0, 0.05) is 0 Å². The summed E-state index contributed by atoms with van der Waals surface area (Å²) >= 11 is 12.4. The summed E-state index contributed by atoms with van der Waals surface area (Å²) in [6.07, 6.45) is 5.07. The number of nitrogens with one attached hydrogen (secondary N) is 1. The molecular weight excluding hydrogens is 277 g/mol. The Labute approximate surface area is 102 Å². The van der Waals surface area contributed by atoms with E-state index in [-0.39, 0.29) is 9.23 Å². The van der Waals surface area contributed by atoms with Gasteiger partial charge in [0.05, 0.1) is 10.4 Å². The molecule has 15 heavy (non-hydrogen) atoms. The first-order valence-electron chi connectivity index (χ1n) is 3.80. The van der Waals surface area contributed by atoms with Gasteiger partial charge in [-0.3, -0.25) is 0 Å². The molecule has 1 N–H and O–H groups in total. The number of sulfonamides is 1. The molecule has 1 heterocycles. The minimum atomic E-state index is -3.68. The van der Waals surface area contributed by atoms with Gasteiger partial charge >= 0.3 is 0 Å². The van der Waals surface area contributed by atoms with Gasteiger partial charge in [0.25, 0.3) is 0 Å². The van der Waals surface area contributed by atoms with Crippen molar-refractivity contribution in [3.8, 4) is 12.3 Å². The van der Waals surface area contributed by atoms with Crippen molar-refractivity contribution in [1.29, 1.82) is 0 Å². The van der Waals surface area contributed by atoms with E-state index in [4.69, 9.17) is 29.6 Å². The lowest BCUT2D eigenvalue weighted by Gasteiger charge is -2.07. The molecular formula is C8H7Cl2NO2S2. The number of terminal acetylenes is 1. The molecule has 0 aliphatic carbocycles. The van der Waals surface area contributed by atoms with E-state index in [1.54, 1.807) is 6.92 Å². The highest BCUT2D eigenvalue weighted by molar-refractivity contribution is 7.89. The van der Waals surface area contributed by atoms with Crippen LogP contribution in [0.1, 0.15) is 6.92 Å². The molecule has 7 heteroatoms. The average Bonchev–Trinajstić information content (AvgIpc) is 2.45. The van der Waals surface area contributed by atoms with Crippen molar-refractivity contribution in [2.75, 3.05) is 0 Å². The zero-order chi connectivity index (χ0) is 11.6. The third-order valence-corrected chi connectivity index (χ3v) is 4.79. The van der Waals surface area contributed by atoms with Crippen molar-refractivity contribution in [3.63, 3.8) is 0 Å². The van der Waals surface area contributed by atoms with Crippen LogP contribution in [0.4, 0.5) is 0 Å². The monoisotopic (exact) mass is 283 g/mol. The van der Waals surface area contributed by atoms with Crippen LogP contribution in [0.15, 0.2) is 11.0 Å². The van der Waals surface area contributed by atoms with Crippen LogP contribution >= 0.6 is 34.5 Å². The molecule has 0 saturated heterocycles. The first-order valence-corrected chi connectivity index (χ1v) is 6.85. The van der Waals surface area contributed by atoms with Gasteiger partial charge in [0.1, 0.15) is 9.23 Å². The van der Waals surface area contributed by atoms with Crippen LogP contribution in [-0.2, 0) is 10.0 Å². The number of halogens is 2. The maximum absolute atomic E-state index is 11.7. The van der Waals surface area contributed by atoms with Crippen molar-refractivity contribution in [3.05, 3.63) is 14.7 Å². The SMILES string of the molecule is C#CC(C)NS(=O)(=O)c1cc(Cl)sc1Cl. The Hall–Kier alpha value is -0.250. The molecule has 3 nitrogen and oxygen atoms in total. The molecule has 0 saturated carbocycles. The lowest BCUT2D eigenvalue weighted by Crippen LogP contribution is -2.31. The third kappa shape index (κ3) is 3.10. The second kappa shape index (κ2) is 4.73. The zero-order valence-corrected chi connectivity index (χ0v) is 10.8. The second-order valence-electron chi connectivity index (χ2n) is 2.70. The van der Waals surface area contributed by atoms with Crippen molar-refractivity contribution in [2.24, 2.45) is 0 Å². The summed E-state index contributed by atoms with van der Waals surface area (Å²) < 4.78 is 26.1. The predicted octanol–water partition coefficient (Wildman–Crippen LogP) is 2.35. The predicted molar refractivity (Wildman–Crippen MR) is 63.0 cm³/mol. The molecule has 0 aliphatic heterocycles. The first-order chi connectivity index (χ1) is 6.86. The molecule has 0 bridgehead atoms. The highest BCUT2D eigenvalue weighted by Gasteiger charge is 2.22. The molecule has 0 fully saturated rings. The van der Waals surface area contributed by atoms with Crippen LogP contribution in [0.2, 0.25) is 8.67 Å². The Balaban J connectivity index is 3.08. The Morgan fingerprint density at radius 1 is 1.60 bits per heavy atom. The van der Waals surface area contributed by atoms with Gasteiger partial charge in [-0.1, -0.05) is 29.1 Å². The van der Waals surface area contributed by atoms with Gasteiger partial charge in [0.15, 0.2) is 0 Å². The minimum Gasteiger partial charge on any atom is -0.207 e. The highest BCUT2D eigenvalue weighted by Crippen LogP contribution is 2.34. The van der Waals surface area contributed by atoms with E-state index >= 15 is 0 Å². The second-order valence-corrected chi connectivity index (χ2v) is 6.67. The fourth-order valence-electron chi connectivity index (χ4n) is 0.839. The largest absolute Gasteiger partial charge is 0.244 e. The molecule has 1 aromatic rings. The molecule has 0 amide bonds. The van der Waals surface area contributed by atoms with Gasteiger partial charge in [0.2, 0.25) is 10.0 Å². The summed E-state index contributed by atoms with van der Waals surface area (Å²) in [5.74, 6) is 2.25. The van der Waals surface area contributed by atoms with E-state index in [9.17, 15) is 8.42 Å². The summed E-state index contributed by atoms with van der Waals surface area (Å²) in [5, 5.41) is 0. The van der Waals surface area contributed by atoms with Crippen molar-refractivity contribution >= 4 is 44.6 Å². The number of rotatable bonds is 3. The van der Waals surface area contributed by atoms with Crippen LogP contribution in [0.5, 0.6) is 0 Å². The van der Waals surface area contributed by atoms with Crippen molar-refractivity contribution in [1.82, 2.24) is 4.72 Å².